The number of esters is 1. The van der Waals surface area contributed by atoms with Crippen LogP contribution in [-0.2, 0) is 9.53 Å². The molecule has 2 aliphatic rings. The highest BCUT2D eigenvalue weighted by Gasteiger charge is 2.62. The van der Waals surface area contributed by atoms with Crippen LogP contribution < -0.4 is 4.74 Å². The number of nitriles is 1. The first kappa shape index (κ1) is 21.8. The molecule has 2 saturated carbocycles. The van der Waals surface area contributed by atoms with Crippen molar-refractivity contribution in [3.63, 3.8) is 0 Å². The molecule has 162 valence electrons. The number of nitrogens with zero attached hydrogens (tertiary/aromatic N) is 1. The summed E-state index contributed by atoms with van der Waals surface area (Å²) in [6, 6.07) is 18.8. The zero-order valence-corrected chi connectivity index (χ0v) is 18.9. The van der Waals surface area contributed by atoms with Crippen LogP contribution in [0, 0.1) is 28.6 Å². The lowest BCUT2D eigenvalue weighted by Crippen LogP contribution is -2.15. The van der Waals surface area contributed by atoms with Crippen LogP contribution >= 0.6 is 11.8 Å². The van der Waals surface area contributed by atoms with E-state index in [1.807, 2.05) is 54.2 Å². The summed E-state index contributed by atoms with van der Waals surface area (Å²) in [7, 11) is 0. The van der Waals surface area contributed by atoms with Crippen molar-refractivity contribution < 1.29 is 14.3 Å². The smallest absolute Gasteiger partial charge is 0.311 e. The Hall–Kier alpha value is -2.45. The third kappa shape index (κ3) is 5.07. The maximum absolute atomic E-state index is 12.9. The number of thioether (sulfide) groups is 1. The molecule has 1 unspecified atom stereocenters. The number of rotatable bonds is 8. The molecule has 5 heteroatoms. The lowest BCUT2D eigenvalue weighted by Gasteiger charge is -2.13. The van der Waals surface area contributed by atoms with Crippen molar-refractivity contribution in [3.05, 3.63) is 60.2 Å². The monoisotopic (exact) mass is 435 g/mol. The van der Waals surface area contributed by atoms with Gasteiger partial charge in [0.05, 0.1) is 5.92 Å². The number of carbonyl (C=O) groups is 1. The van der Waals surface area contributed by atoms with Gasteiger partial charge < -0.3 is 9.47 Å². The standard InChI is InChI=1S/C26H29NO3S/c1-26(2)22(17-31-21-13-6-7-14-21)24(26)25(28)30-23(16-27)18-9-8-12-20(15-18)29-19-10-4-3-5-11-19/h3-5,8-12,15,21-24H,6-7,13-14,17H2,1-2H3/t22-,23?,24-/m0/s1. The summed E-state index contributed by atoms with van der Waals surface area (Å²) in [6.07, 6.45) is 4.31. The average Bonchev–Trinajstić information content (AvgIpc) is 3.07. The molecule has 0 aromatic heterocycles. The second kappa shape index (κ2) is 9.36. The zero-order valence-electron chi connectivity index (χ0n) is 18.1. The van der Waals surface area contributed by atoms with Crippen LogP contribution in [0.15, 0.2) is 54.6 Å². The van der Waals surface area contributed by atoms with E-state index < -0.39 is 6.10 Å². The summed E-state index contributed by atoms with van der Waals surface area (Å²) in [6.45, 7) is 4.27. The van der Waals surface area contributed by atoms with Crippen LogP contribution in [0.25, 0.3) is 0 Å². The number of hydrogen-bond donors (Lipinski definition) is 0. The Bertz CT molecular complexity index is 947. The first-order valence-corrected chi connectivity index (χ1v) is 12.1. The lowest BCUT2D eigenvalue weighted by molar-refractivity contribution is -0.149. The van der Waals surface area contributed by atoms with Crippen LogP contribution in [0.2, 0.25) is 0 Å². The number of ether oxygens (including phenoxy) is 2. The fourth-order valence-corrected chi connectivity index (χ4v) is 6.31. The van der Waals surface area contributed by atoms with E-state index in [4.69, 9.17) is 9.47 Å². The third-order valence-electron chi connectivity index (χ3n) is 6.61. The normalized spacial score (nSPS) is 23.0. The van der Waals surface area contributed by atoms with E-state index >= 15 is 0 Å². The van der Waals surface area contributed by atoms with E-state index in [1.165, 1.54) is 25.7 Å². The van der Waals surface area contributed by atoms with Gasteiger partial charge in [-0.05, 0) is 54.2 Å². The van der Waals surface area contributed by atoms with Crippen LogP contribution in [0.3, 0.4) is 0 Å². The highest BCUT2D eigenvalue weighted by molar-refractivity contribution is 7.99. The van der Waals surface area contributed by atoms with Crippen LogP contribution in [0.4, 0.5) is 0 Å². The van der Waals surface area contributed by atoms with Crippen molar-refractivity contribution in [2.75, 3.05) is 5.75 Å². The molecule has 2 aromatic carbocycles. The zero-order chi connectivity index (χ0) is 21.8. The quantitative estimate of drug-likeness (QED) is 0.441. The molecule has 0 amide bonds. The summed E-state index contributed by atoms with van der Waals surface area (Å²) >= 11 is 2.01. The van der Waals surface area contributed by atoms with E-state index in [1.54, 1.807) is 12.1 Å². The Morgan fingerprint density at radius 3 is 2.55 bits per heavy atom. The molecular formula is C26H29NO3S. The number of carbonyl (C=O) groups excluding carboxylic acids is 1. The van der Waals surface area contributed by atoms with Gasteiger partial charge in [0.1, 0.15) is 17.6 Å². The SMILES string of the molecule is CC1(C)[C@H](C(=O)OC(C#N)c2cccc(Oc3ccccc3)c2)[C@@H]1CSC1CCCC1. The van der Waals surface area contributed by atoms with Crippen LogP contribution in [0.5, 0.6) is 11.5 Å². The average molecular weight is 436 g/mol. The number of para-hydroxylation sites is 1. The maximum Gasteiger partial charge on any atom is 0.311 e. The Balaban J connectivity index is 1.38. The van der Waals surface area contributed by atoms with Gasteiger partial charge >= 0.3 is 5.97 Å². The minimum absolute atomic E-state index is 0.0685. The molecule has 2 fully saturated rings. The molecule has 2 aliphatic carbocycles. The van der Waals surface area contributed by atoms with E-state index in [0.29, 0.717) is 23.0 Å². The molecule has 0 aliphatic heterocycles. The van der Waals surface area contributed by atoms with E-state index in [9.17, 15) is 10.1 Å². The first-order chi connectivity index (χ1) is 15.0. The lowest BCUT2D eigenvalue weighted by atomic mass is 10.1. The third-order valence-corrected chi connectivity index (χ3v) is 8.10. The molecule has 3 atom stereocenters. The van der Waals surface area contributed by atoms with Gasteiger partial charge in [-0.1, -0.05) is 57.0 Å². The van der Waals surface area contributed by atoms with Gasteiger partial charge in [-0.15, -0.1) is 0 Å². The van der Waals surface area contributed by atoms with E-state index in [0.717, 1.165) is 11.0 Å². The second-order valence-electron chi connectivity index (χ2n) is 9.08. The number of hydrogen-bond acceptors (Lipinski definition) is 5. The Kier molecular flexibility index (Phi) is 6.57. The maximum atomic E-state index is 12.9. The molecule has 0 bridgehead atoms. The molecule has 0 radical (unpaired) electrons. The van der Waals surface area contributed by atoms with Crippen molar-refractivity contribution in [1.82, 2.24) is 0 Å². The Labute approximate surface area is 188 Å². The largest absolute Gasteiger partial charge is 0.457 e. The van der Waals surface area contributed by atoms with Crippen LogP contribution in [0.1, 0.15) is 51.2 Å². The van der Waals surface area contributed by atoms with Crippen molar-refractivity contribution in [2.24, 2.45) is 17.3 Å². The van der Waals surface area contributed by atoms with Gasteiger partial charge in [-0.2, -0.15) is 17.0 Å². The minimum Gasteiger partial charge on any atom is -0.457 e. The highest BCUT2D eigenvalue weighted by atomic mass is 32.2. The van der Waals surface area contributed by atoms with Crippen molar-refractivity contribution in [2.45, 2.75) is 50.9 Å². The molecule has 4 nitrogen and oxygen atoms in total. The van der Waals surface area contributed by atoms with Crippen LogP contribution in [-0.4, -0.2) is 17.0 Å². The molecule has 0 N–H and O–H groups in total. The molecule has 2 aromatic rings. The molecular weight excluding hydrogens is 406 g/mol. The van der Waals surface area contributed by atoms with Gasteiger partial charge in [0, 0.05) is 10.8 Å². The van der Waals surface area contributed by atoms with Gasteiger partial charge in [0.15, 0.2) is 0 Å². The van der Waals surface area contributed by atoms with Crippen molar-refractivity contribution >= 4 is 17.7 Å². The van der Waals surface area contributed by atoms with E-state index in [-0.39, 0.29) is 17.3 Å². The van der Waals surface area contributed by atoms with Gasteiger partial charge in [0.2, 0.25) is 6.10 Å². The number of benzene rings is 2. The Morgan fingerprint density at radius 2 is 1.84 bits per heavy atom. The molecule has 31 heavy (non-hydrogen) atoms. The predicted molar refractivity (Wildman–Crippen MR) is 123 cm³/mol. The van der Waals surface area contributed by atoms with E-state index in [2.05, 4.69) is 19.9 Å². The van der Waals surface area contributed by atoms with Crippen molar-refractivity contribution in [3.8, 4) is 17.6 Å². The minimum atomic E-state index is -0.939. The van der Waals surface area contributed by atoms with Gasteiger partial charge in [-0.3, -0.25) is 4.79 Å². The molecule has 4 rings (SSSR count). The second-order valence-corrected chi connectivity index (χ2v) is 10.4. The molecule has 0 spiro atoms. The summed E-state index contributed by atoms with van der Waals surface area (Å²) in [5.74, 6) is 2.24. The fraction of sp³-hybridized carbons (Fsp3) is 0.462. The summed E-state index contributed by atoms with van der Waals surface area (Å²) in [5.41, 5.74) is 0.556. The van der Waals surface area contributed by atoms with Crippen molar-refractivity contribution in [1.29, 1.82) is 5.26 Å². The topological polar surface area (TPSA) is 59.3 Å². The molecule has 0 saturated heterocycles. The highest BCUT2D eigenvalue weighted by Crippen LogP contribution is 2.60. The van der Waals surface area contributed by atoms with Gasteiger partial charge in [0.25, 0.3) is 0 Å². The molecule has 0 heterocycles. The first-order valence-electron chi connectivity index (χ1n) is 11.0. The Morgan fingerprint density at radius 1 is 1.13 bits per heavy atom. The summed E-state index contributed by atoms with van der Waals surface area (Å²) in [4.78, 5) is 12.9. The predicted octanol–water partition coefficient (Wildman–Crippen LogP) is 6.53. The summed E-state index contributed by atoms with van der Waals surface area (Å²) < 4.78 is 11.5. The fourth-order valence-electron chi connectivity index (χ4n) is 4.54. The summed E-state index contributed by atoms with van der Waals surface area (Å²) in [5, 5.41) is 10.4. The van der Waals surface area contributed by atoms with Gasteiger partial charge in [-0.25, -0.2) is 0 Å².